The average Bonchev–Trinajstić information content (AvgIpc) is 3.10. The van der Waals surface area contributed by atoms with E-state index >= 15 is 0 Å². The highest BCUT2D eigenvalue weighted by molar-refractivity contribution is 6.44. The molecule has 0 aliphatic carbocycles. The van der Waals surface area contributed by atoms with Crippen molar-refractivity contribution < 1.29 is 22.4 Å². The van der Waals surface area contributed by atoms with Gasteiger partial charge in [0.25, 0.3) is 0 Å². The number of allylic oxidation sites excluding steroid dienone is 1. The number of hydrogen-bond donors (Lipinski definition) is 0. The van der Waals surface area contributed by atoms with Crippen molar-refractivity contribution in [1.29, 1.82) is 0 Å². The van der Waals surface area contributed by atoms with E-state index in [-0.39, 0.29) is 35.8 Å². The molecule has 0 saturated heterocycles. The number of halogens is 5. The Morgan fingerprint density at radius 3 is 2.67 bits per heavy atom. The van der Waals surface area contributed by atoms with Gasteiger partial charge < -0.3 is 4.42 Å². The molecule has 0 spiro atoms. The number of fused-ring (bicyclic) bond motifs is 1. The molecule has 8 heteroatoms. The molecule has 0 unspecified atom stereocenters. The van der Waals surface area contributed by atoms with E-state index < -0.39 is 11.7 Å². The topological polar surface area (TPSA) is 42.6 Å². The Bertz CT molecular complexity index is 881. The maximum absolute atomic E-state index is 12.6. The third-order valence-electron chi connectivity index (χ3n) is 3.67. The highest BCUT2D eigenvalue weighted by Gasteiger charge is 2.36. The molecule has 0 atom stereocenters. The summed E-state index contributed by atoms with van der Waals surface area (Å²) >= 11 is 11.9. The smallest absolute Gasteiger partial charge is 0.414 e. The fraction of sp³-hybridized carbons (Fsp3) is 0.250. The fourth-order valence-electron chi connectivity index (χ4n) is 2.49. The Labute approximate surface area is 144 Å². The predicted octanol–water partition coefficient (Wildman–Crippen LogP) is 5.53. The first-order chi connectivity index (χ1) is 11.3. The number of carbonyl (C=O) groups excluding carboxylic acids is 1. The SMILES string of the molecule is O=C(CC1=NC=C(C(F)(F)F)C1)Cc1coc2c(Cl)c(Cl)ccc12. The van der Waals surface area contributed by atoms with Crippen LogP contribution >= 0.6 is 23.2 Å². The van der Waals surface area contributed by atoms with Crippen molar-refractivity contribution in [3.8, 4) is 0 Å². The molecule has 2 aromatic rings. The highest BCUT2D eigenvalue weighted by Crippen LogP contribution is 2.34. The number of alkyl halides is 3. The van der Waals surface area contributed by atoms with Crippen LogP contribution in [-0.2, 0) is 11.2 Å². The summed E-state index contributed by atoms with van der Waals surface area (Å²) in [6, 6.07) is 3.28. The van der Waals surface area contributed by atoms with Crippen molar-refractivity contribution in [2.75, 3.05) is 0 Å². The molecule has 126 valence electrons. The maximum Gasteiger partial charge on any atom is 0.414 e. The van der Waals surface area contributed by atoms with Crippen LogP contribution in [-0.4, -0.2) is 17.7 Å². The molecule has 3 nitrogen and oxygen atoms in total. The third kappa shape index (κ3) is 3.35. The first kappa shape index (κ1) is 17.0. The Morgan fingerprint density at radius 2 is 2.00 bits per heavy atom. The fourth-order valence-corrected chi connectivity index (χ4v) is 2.85. The van der Waals surface area contributed by atoms with Gasteiger partial charge in [0, 0.05) is 42.1 Å². The molecule has 1 aliphatic rings. The molecule has 1 aliphatic heterocycles. The van der Waals surface area contributed by atoms with E-state index in [2.05, 4.69) is 4.99 Å². The molecule has 1 aromatic carbocycles. The lowest BCUT2D eigenvalue weighted by atomic mass is 10.0. The van der Waals surface area contributed by atoms with Crippen LogP contribution < -0.4 is 0 Å². The van der Waals surface area contributed by atoms with Gasteiger partial charge in [-0.2, -0.15) is 13.2 Å². The number of furan rings is 1. The Kier molecular flexibility index (Phi) is 4.44. The van der Waals surface area contributed by atoms with Crippen molar-refractivity contribution in [2.45, 2.75) is 25.4 Å². The summed E-state index contributed by atoms with van der Waals surface area (Å²) in [5.74, 6) is -0.251. The molecule has 2 heterocycles. The summed E-state index contributed by atoms with van der Waals surface area (Å²) in [5.41, 5.74) is 0.462. The van der Waals surface area contributed by atoms with Crippen LogP contribution in [0.3, 0.4) is 0 Å². The average molecular weight is 376 g/mol. The van der Waals surface area contributed by atoms with Crippen molar-refractivity contribution in [3.05, 3.63) is 45.8 Å². The van der Waals surface area contributed by atoms with Crippen LogP contribution in [0.2, 0.25) is 10.0 Å². The van der Waals surface area contributed by atoms with Crippen LogP contribution in [0.4, 0.5) is 13.2 Å². The third-order valence-corrected chi connectivity index (χ3v) is 4.45. The van der Waals surface area contributed by atoms with Crippen LogP contribution in [0.1, 0.15) is 18.4 Å². The number of ketones is 1. The zero-order valence-corrected chi connectivity index (χ0v) is 13.6. The Morgan fingerprint density at radius 1 is 1.25 bits per heavy atom. The molecule has 0 N–H and O–H groups in total. The number of Topliss-reactive ketones (excluding diaryl/α,β-unsaturated/α-hetero) is 1. The normalized spacial score (nSPS) is 14.9. The van der Waals surface area contributed by atoms with E-state index in [0.29, 0.717) is 21.6 Å². The second-order valence-corrected chi connectivity index (χ2v) is 6.20. The maximum atomic E-state index is 12.6. The summed E-state index contributed by atoms with van der Waals surface area (Å²) in [7, 11) is 0. The molecule has 0 saturated carbocycles. The molecule has 0 bridgehead atoms. The van der Waals surface area contributed by atoms with Crippen molar-refractivity contribution in [1.82, 2.24) is 0 Å². The molecule has 0 amide bonds. The highest BCUT2D eigenvalue weighted by atomic mass is 35.5. The van der Waals surface area contributed by atoms with Gasteiger partial charge in [-0.05, 0) is 12.1 Å². The van der Waals surface area contributed by atoms with E-state index in [4.69, 9.17) is 27.6 Å². The zero-order chi connectivity index (χ0) is 17.5. The van der Waals surface area contributed by atoms with Crippen molar-refractivity contribution in [3.63, 3.8) is 0 Å². The van der Waals surface area contributed by atoms with Gasteiger partial charge in [0.05, 0.1) is 16.9 Å². The summed E-state index contributed by atoms with van der Waals surface area (Å²) in [5, 5.41) is 1.25. The van der Waals surface area contributed by atoms with Crippen molar-refractivity contribution >= 4 is 45.7 Å². The van der Waals surface area contributed by atoms with E-state index in [9.17, 15) is 18.0 Å². The van der Waals surface area contributed by atoms with E-state index in [0.717, 1.165) is 6.20 Å². The van der Waals surface area contributed by atoms with Gasteiger partial charge in [0.2, 0.25) is 0 Å². The van der Waals surface area contributed by atoms with Crippen LogP contribution in [0.5, 0.6) is 0 Å². The van der Waals surface area contributed by atoms with Gasteiger partial charge >= 0.3 is 6.18 Å². The van der Waals surface area contributed by atoms with Crippen molar-refractivity contribution in [2.24, 2.45) is 4.99 Å². The number of carbonyl (C=O) groups is 1. The van der Waals surface area contributed by atoms with E-state index in [1.54, 1.807) is 12.1 Å². The summed E-state index contributed by atoms with van der Waals surface area (Å²) in [6.07, 6.45) is -2.69. The van der Waals surface area contributed by atoms with Gasteiger partial charge in [-0.1, -0.05) is 23.2 Å². The number of hydrogen-bond acceptors (Lipinski definition) is 3. The molecule has 24 heavy (non-hydrogen) atoms. The molecule has 1 aromatic heterocycles. The van der Waals surface area contributed by atoms with Gasteiger partial charge in [0.15, 0.2) is 5.58 Å². The number of aliphatic imine (C=N–C) groups is 1. The standard InChI is InChI=1S/C16H10Cl2F3NO2/c17-13-2-1-12-8(7-24-15(12)14(13)18)3-11(23)5-10-4-9(6-22-10)16(19,20)21/h1-2,6-7H,3-5H2. The zero-order valence-electron chi connectivity index (χ0n) is 12.1. The van der Waals surface area contributed by atoms with E-state index in [1.165, 1.54) is 6.26 Å². The first-order valence-electron chi connectivity index (χ1n) is 6.93. The second-order valence-electron chi connectivity index (χ2n) is 5.42. The summed E-state index contributed by atoms with van der Waals surface area (Å²) < 4.78 is 43.0. The lowest BCUT2D eigenvalue weighted by Crippen LogP contribution is -2.14. The number of nitrogens with zero attached hydrogens (tertiary/aromatic N) is 1. The lowest BCUT2D eigenvalue weighted by Gasteiger charge is -2.07. The quantitative estimate of drug-likeness (QED) is 0.704. The van der Waals surface area contributed by atoms with Gasteiger partial charge in [0.1, 0.15) is 10.8 Å². The number of rotatable bonds is 4. The minimum atomic E-state index is -4.41. The minimum absolute atomic E-state index is 0.0192. The van der Waals surface area contributed by atoms with Gasteiger partial charge in [-0.25, -0.2) is 0 Å². The largest absolute Gasteiger partial charge is 0.462 e. The van der Waals surface area contributed by atoms with Gasteiger partial charge in [-0.3, -0.25) is 9.79 Å². The monoisotopic (exact) mass is 375 g/mol. The first-order valence-corrected chi connectivity index (χ1v) is 7.69. The van der Waals surface area contributed by atoms with Crippen LogP contribution in [0.15, 0.2) is 39.6 Å². The van der Waals surface area contributed by atoms with Crippen LogP contribution in [0, 0.1) is 0 Å². The Balaban J connectivity index is 1.68. The van der Waals surface area contributed by atoms with Crippen LogP contribution in [0.25, 0.3) is 11.0 Å². The molecular weight excluding hydrogens is 366 g/mol. The number of benzene rings is 1. The second kappa shape index (κ2) is 6.26. The molecular formula is C16H10Cl2F3NO2. The molecule has 3 rings (SSSR count). The summed E-state index contributed by atoms with van der Waals surface area (Å²) in [4.78, 5) is 15.8. The lowest BCUT2D eigenvalue weighted by molar-refractivity contribution is -0.117. The molecule has 0 fully saturated rings. The summed E-state index contributed by atoms with van der Waals surface area (Å²) in [6.45, 7) is 0. The predicted molar refractivity (Wildman–Crippen MR) is 85.8 cm³/mol. The van der Waals surface area contributed by atoms with E-state index in [1.807, 2.05) is 0 Å². The van der Waals surface area contributed by atoms with Gasteiger partial charge in [-0.15, -0.1) is 0 Å². The Hall–Kier alpha value is -1.79. The molecule has 0 radical (unpaired) electrons. The minimum Gasteiger partial charge on any atom is -0.462 e.